The van der Waals surface area contributed by atoms with E-state index in [-0.39, 0.29) is 5.56 Å². The largest absolute Gasteiger partial charge is 0.280 e. The number of allylic oxidation sites excluding steroid dienone is 1. The second-order valence-electron chi connectivity index (χ2n) is 4.27. The zero-order valence-corrected chi connectivity index (χ0v) is 9.73. The first-order chi connectivity index (χ1) is 8.29. The summed E-state index contributed by atoms with van der Waals surface area (Å²) in [6.07, 6.45) is 5.56. The third kappa shape index (κ3) is 1.54. The van der Waals surface area contributed by atoms with Crippen LogP contribution in [0.3, 0.4) is 0 Å². The molecule has 1 heterocycles. The summed E-state index contributed by atoms with van der Waals surface area (Å²) in [7, 11) is 0. The van der Waals surface area contributed by atoms with Gasteiger partial charge in [-0.2, -0.15) is 0 Å². The average molecular weight is 223 g/mol. The Morgan fingerprint density at radius 3 is 2.82 bits per heavy atom. The number of hydrogen-bond acceptors (Lipinski definition) is 1. The summed E-state index contributed by atoms with van der Waals surface area (Å²) in [4.78, 5) is 12.3. The zero-order chi connectivity index (χ0) is 11.8. The van der Waals surface area contributed by atoms with Crippen molar-refractivity contribution >= 4 is 16.5 Å². The van der Waals surface area contributed by atoms with Crippen LogP contribution < -0.4 is 5.56 Å². The summed E-state index contributed by atoms with van der Waals surface area (Å²) in [6, 6.07) is 8.08. The summed E-state index contributed by atoms with van der Waals surface area (Å²) in [5.74, 6) is 0. The van der Waals surface area contributed by atoms with Gasteiger partial charge in [0.05, 0.1) is 5.70 Å². The van der Waals surface area contributed by atoms with Gasteiger partial charge in [0.2, 0.25) is 0 Å². The van der Waals surface area contributed by atoms with E-state index in [9.17, 15) is 4.79 Å². The van der Waals surface area contributed by atoms with Crippen LogP contribution in [0, 0.1) is 0 Å². The number of pyridine rings is 1. The van der Waals surface area contributed by atoms with Crippen LogP contribution in [0.1, 0.15) is 18.9 Å². The standard InChI is InChI=1S/C15H13NO/c1-2-11-6-7-12-8-9-16(13-4-3-5-13)15(17)14(12)10-11/h3,6-10H,2,4H2,1H3. The molecule has 1 aromatic carbocycles. The Morgan fingerprint density at radius 2 is 2.18 bits per heavy atom. The highest BCUT2D eigenvalue weighted by Gasteiger charge is 2.08. The normalized spacial score (nSPS) is 13.6. The number of rotatable bonds is 2. The van der Waals surface area contributed by atoms with E-state index in [0.29, 0.717) is 0 Å². The second kappa shape index (κ2) is 3.76. The molecule has 0 saturated carbocycles. The smallest absolute Gasteiger partial charge is 0.263 e. The molecule has 17 heavy (non-hydrogen) atoms. The first-order valence-electron chi connectivity index (χ1n) is 5.88. The van der Waals surface area contributed by atoms with Crippen LogP contribution in [0.5, 0.6) is 0 Å². The lowest BCUT2D eigenvalue weighted by Crippen LogP contribution is -2.19. The Kier molecular flexibility index (Phi) is 2.24. The van der Waals surface area contributed by atoms with E-state index in [1.807, 2.05) is 30.5 Å². The average Bonchev–Trinajstić information content (AvgIpc) is 2.30. The highest BCUT2D eigenvalue weighted by molar-refractivity contribution is 5.83. The molecule has 1 aliphatic carbocycles. The van der Waals surface area contributed by atoms with Gasteiger partial charge >= 0.3 is 0 Å². The van der Waals surface area contributed by atoms with E-state index in [4.69, 9.17) is 0 Å². The molecule has 3 rings (SSSR count). The van der Waals surface area contributed by atoms with Crippen molar-refractivity contribution in [1.82, 2.24) is 4.57 Å². The Labute approximate surface area is 99.5 Å². The predicted molar refractivity (Wildman–Crippen MR) is 70.0 cm³/mol. The molecule has 0 N–H and O–H groups in total. The Morgan fingerprint density at radius 1 is 1.35 bits per heavy atom. The third-order valence-electron chi connectivity index (χ3n) is 3.23. The fourth-order valence-corrected chi connectivity index (χ4v) is 2.08. The minimum atomic E-state index is 0.0633. The molecule has 2 nitrogen and oxygen atoms in total. The van der Waals surface area contributed by atoms with Crippen molar-refractivity contribution in [3.05, 3.63) is 58.2 Å². The maximum Gasteiger partial charge on any atom is 0.263 e. The van der Waals surface area contributed by atoms with Gasteiger partial charge in [-0.15, -0.1) is 5.73 Å². The molecule has 2 aromatic rings. The van der Waals surface area contributed by atoms with Crippen LogP contribution in [0.25, 0.3) is 16.5 Å². The van der Waals surface area contributed by atoms with Crippen molar-refractivity contribution in [1.29, 1.82) is 0 Å². The molecule has 1 aromatic heterocycles. The molecule has 2 heteroatoms. The van der Waals surface area contributed by atoms with Crippen molar-refractivity contribution in [2.24, 2.45) is 0 Å². The second-order valence-corrected chi connectivity index (χ2v) is 4.27. The first-order valence-corrected chi connectivity index (χ1v) is 5.88. The lowest BCUT2D eigenvalue weighted by Gasteiger charge is -2.11. The van der Waals surface area contributed by atoms with E-state index in [0.717, 1.165) is 29.3 Å². The van der Waals surface area contributed by atoms with Crippen molar-refractivity contribution in [3.63, 3.8) is 0 Å². The third-order valence-corrected chi connectivity index (χ3v) is 3.23. The van der Waals surface area contributed by atoms with Crippen molar-refractivity contribution in [2.45, 2.75) is 19.8 Å². The van der Waals surface area contributed by atoms with Crippen LogP contribution in [0.2, 0.25) is 0 Å². The van der Waals surface area contributed by atoms with Crippen LogP contribution in [-0.4, -0.2) is 4.57 Å². The molecule has 0 radical (unpaired) electrons. The fourth-order valence-electron chi connectivity index (χ4n) is 2.08. The van der Waals surface area contributed by atoms with E-state index < -0.39 is 0 Å². The van der Waals surface area contributed by atoms with E-state index in [1.54, 1.807) is 4.57 Å². The minimum Gasteiger partial charge on any atom is -0.280 e. The SMILES string of the molecule is CCc1ccc2ccn(C3=C=CC3)c(=O)c2c1. The monoisotopic (exact) mass is 223 g/mol. The van der Waals surface area contributed by atoms with Crippen molar-refractivity contribution < 1.29 is 0 Å². The van der Waals surface area contributed by atoms with Crippen molar-refractivity contribution in [3.8, 4) is 0 Å². The quantitative estimate of drug-likeness (QED) is 0.717. The number of nitrogens with zero attached hydrogens (tertiary/aromatic N) is 1. The first kappa shape index (κ1) is 10.1. The molecule has 0 spiro atoms. The molecule has 0 amide bonds. The van der Waals surface area contributed by atoms with E-state index in [1.165, 1.54) is 5.56 Å². The van der Waals surface area contributed by atoms with Gasteiger partial charge in [-0.1, -0.05) is 19.1 Å². The molecule has 0 fully saturated rings. The van der Waals surface area contributed by atoms with Crippen molar-refractivity contribution in [2.75, 3.05) is 0 Å². The van der Waals surface area contributed by atoms with E-state index >= 15 is 0 Å². The summed E-state index contributed by atoms with van der Waals surface area (Å²) in [5, 5.41) is 1.81. The molecule has 0 bridgehead atoms. The Bertz CT molecular complexity index is 715. The lowest BCUT2D eigenvalue weighted by molar-refractivity contribution is 0.981. The Balaban J connectivity index is 2.32. The molecule has 0 saturated heterocycles. The molecule has 0 atom stereocenters. The van der Waals surface area contributed by atoms with Gasteiger partial charge < -0.3 is 0 Å². The zero-order valence-electron chi connectivity index (χ0n) is 9.73. The molecular weight excluding hydrogens is 210 g/mol. The molecule has 1 aliphatic rings. The number of aromatic nitrogens is 1. The molecular formula is C15H13NO. The van der Waals surface area contributed by atoms with E-state index in [2.05, 4.69) is 18.7 Å². The topological polar surface area (TPSA) is 22.0 Å². The summed E-state index contributed by atoms with van der Waals surface area (Å²) >= 11 is 0. The fraction of sp³-hybridized carbons (Fsp3) is 0.200. The summed E-state index contributed by atoms with van der Waals surface area (Å²) in [5.41, 5.74) is 5.27. The van der Waals surface area contributed by atoms with Gasteiger partial charge in [-0.3, -0.25) is 9.36 Å². The molecule has 0 aliphatic heterocycles. The van der Waals surface area contributed by atoms with Gasteiger partial charge in [0.1, 0.15) is 0 Å². The van der Waals surface area contributed by atoms with Crippen LogP contribution in [0.15, 0.2) is 47.1 Å². The van der Waals surface area contributed by atoms with Gasteiger partial charge in [0, 0.05) is 18.0 Å². The van der Waals surface area contributed by atoms with Crippen LogP contribution in [-0.2, 0) is 6.42 Å². The van der Waals surface area contributed by atoms with Crippen LogP contribution in [0.4, 0.5) is 0 Å². The number of benzene rings is 1. The molecule has 0 unspecified atom stereocenters. The Hall–Kier alpha value is -2.05. The van der Waals surface area contributed by atoms with Gasteiger partial charge in [-0.05, 0) is 35.6 Å². The van der Waals surface area contributed by atoms with Gasteiger partial charge in [-0.25, -0.2) is 0 Å². The lowest BCUT2D eigenvalue weighted by atomic mass is 10.1. The van der Waals surface area contributed by atoms with Crippen LogP contribution >= 0.6 is 0 Å². The highest BCUT2D eigenvalue weighted by Crippen LogP contribution is 2.17. The maximum atomic E-state index is 12.3. The number of hydrogen-bond donors (Lipinski definition) is 0. The predicted octanol–water partition coefficient (Wildman–Crippen LogP) is 2.96. The number of fused-ring (bicyclic) bond motifs is 1. The molecule has 84 valence electrons. The minimum absolute atomic E-state index is 0.0633. The maximum absolute atomic E-state index is 12.3. The summed E-state index contributed by atoms with van der Waals surface area (Å²) in [6.45, 7) is 2.10. The van der Waals surface area contributed by atoms with Gasteiger partial charge in [0.15, 0.2) is 0 Å². The number of aryl methyl sites for hydroxylation is 1. The highest BCUT2D eigenvalue weighted by atomic mass is 16.1. The summed E-state index contributed by atoms with van der Waals surface area (Å²) < 4.78 is 1.70. The van der Waals surface area contributed by atoms with Gasteiger partial charge in [0.25, 0.3) is 5.56 Å².